The second-order valence-corrected chi connectivity index (χ2v) is 5.55. The lowest BCUT2D eigenvalue weighted by atomic mass is 10.0. The number of hydrogen-bond donors (Lipinski definition) is 3. The summed E-state index contributed by atoms with van der Waals surface area (Å²) in [7, 11) is 1.67. The Kier molecular flexibility index (Phi) is 3.77. The van der Waals surface area contributed by atoms with Crippen LogP contribution in [0, 0.1) is 13.8 Å². The topological polar surface area (TPSA) is 53.5 Å². The summed E-state index contributed by atoms with van der Waals surface area (Å²) < 4.78 is 5.41. The number of phenols is 1. The molecular formula is C18H20N2O2. The number of hydrazine groups is 1. The third kappa shape index (κ3) is 2.53. The summed E-state index contributed by atoms with van der Waals surface area (Å²) >= 11 is 0. The molecule has 114 valence electrons. The van der Waals surface area contributed by atoms with Crippen LogP contribution < -0.4 is 15.6 Å². The largest absolute Gasteiger partial charge is 0.507 e. The van der Waals surface area contributed by atoms with E-state index in [1.54, 1.807) is 7.11 Å². The van der Waals surface area contributed by atoms with Crippen LogP contribution >= 0.6 is 0 Å². The number of methoxy groups -OCH3 is 1. The molecule has 0 spiro atoms. The summed E-state index contributed by atoms with van der Waals surface area (Å²) in [6.45, 7) is 3.93. The lowest BCUT2D eigenvalue weighted by Crippen LogP contribution is -2.26. The first-order valence-corrected chi connectivity index (χ1v) is 7.27. The summed E-state index contributed by atoms with van der Waals surface area (Å²) in [5.41, 5.74) is 11.1. The summed E-state index contributed by atoms with van der Waals surface area (Å²) in [4.78, 5) is 0. The molecule has 0 aromatic heterocycles. The highest BCUT2D eigenvalue weighted by Gasteiger charge is 2.22. The molecule has 0 saturated heterocycles. The van der Waals surface area contributed by atoms with Crippen molar-refractivity contribution in [2.45, 2.75) is 19.9 Å². The quantitative estimate of drug-likeness (QED) is 0.814. The second kappa shape index (κ2) is 5.73. The van der Waals surface area contributed by atoms with E-state index >= 15 is 0 Å². The predicted octanol–water partition coefficient (Wildman–Crippen LogP) is 3.21. The van der Waals surface area contributed by atoms with Crippen molar-refractivity contribution in [3.05, 3.63) is 64.7 Å². The SMILES string of the molecule is COc1ccccc1[C@@H]1C=C(c2cc(C)cc(C)c2O)NN1. The highest BCUT2D eigenvalue weighted by atomic mass is 16.5. The number of aryl methyl sites for hydroxylation is 2. The molecule has 1 atom stereocenters. The highest BCUT2D eigenvalue weighted by Crippen LogP contribution is 2.34. The maximum Gasteiger partial charge on any atom is 0.127 e. The molecular weight excluding hydrogens is 276 g/mol. The number of aromatic hydroxyl groups is 1. The average Bonchev–Trinajstić information content (AvgIpc) is 3.00. The standard InChI is InChI=1S/C18H20N2O2/c1-11-8-12(2)18(21)14(9-11)16-10-15(19-20-16)13-6-4-5-7-17(13)22-3/h4-10,15,19-21H,1-3H3/t15-/m0/s1. The molecule has 0 aliphatic carbocycles. The Hall–Kier alpha value is -2.46. The Labute approximate surface area is 130 Å². The minimum absolute atomic E-state index is 0.00799. The Morgan fingerprint density at radius 2 is 1.91 bits per heavy atom. The summed E-state index contributed by atoms with van der Waals surface area (Å²) in [5, 5.41) is 10.3. The fourth-order valence-electron chi connectivity index (χ4n) is 2.82. The van der Waals surface area contributed by atoms with Gasteiger partial charge in [-0.25, -0.2) is 5.43 Å². The summed E-state index contributed by atoms with van der Waals surface area (Å²) in [6, 6.07) is 11.8. The van der Waals surface area contributed by atoms with Crippen LogP contribution in [0.25, 0.3) is 5.70 Å². The third-order valence-corrected chi connectivity index (χ3v) is 3.90. The molecule has 2 aromatic carbocycles. The number of hydrogen-bond acceptors (Lipinski definition) is 4. The molecule has 0 unspecified atom stereocenters. The highest BCUT2D eigenvalue weighted by molar-refractivity contribution is 5.73. The van der Waals surface area contributed by atoms with Crippen LogP contribution in [0.5, 0.6) is 11.5 Å². The van der Waals surface area contributed by atoms with Crippen LogP contribution in [0.4, 0.5) is 0 Å². The fourth-order valence-corrected chi connectivity index (χ4v) is 2.82. The van der Waals surface area contributed by atoms with E-state index in [0.717, 1.165) is 33.7 Å². The van der Waals surface area contributed by atoms with Gasteiger partial charge in [0, 0.05) is 11.1 Å². The van der Waals surface area contributed by atoms with Crippen molar-refractivity contribution in [3.8, 4) is 11.5 Å². The van der Waals surface area contributed by atoms with E-state index in [1.807, 2.05) is 50.2 Å². The molecule has 0 amide bonds. The number of rotatable bonds is 3. The van der Waals surface area contributed by atoms with E-state index in [-0.39, 0.29) is 6.04 Å². The molecule has 3 N–H and O–H groups in total. The van der Waals surface area contributed by atoms with Crippen molar-refractivity contribution in [2.75, 3.05) is 7.11 Å². The fraction of sp³-hybridized carbons (Fsp3) is 0.222. The van der Waals surface area contributed by atoms with Crippen LogP contribution in [0.3, 0.4) is 0 Å². The van der Waals surface area contributed by atoms with E-state index in [2.05, 4.69) is 16.9 Å². The van der Waals surface area contributed by atoms with Gasteiger partial charge in [-0.1, -0.05) is 24.3 Å². The van der Waals surface area contributed by atoms with Gasteiger partial charge < -0.3 is 15.3 Å². The maximum absolute atomic E-state index is 10.3. The number of para-hydroxylation sites is 1. The van der Waals surface area contributed by atoms with Gasteiger partial charge in [-0.05, 0) is 43.2 Å². The molecule has 1 aliphatic rings. The van der Waals surface area contributed by atoms with Gasteiger partial charge in [-0.3, -0.25) is 0 Å². The van der Waals surface area contributed by atoms with E-state index in [0.29, 0.717) is 5.75 Å². The van der Waals surface area contributed by atoms with Crippen molar-refractivity contribution < 1.29 is 9.84 Å². The van der Waals surface area contributed by atoms with Gasteiger partial charge >= 0.3 is 0 Å². The van der Waals surface area contributed by atoms with Gasteiger partial charge in [-0.2, -0.15) is 0 Å². The smallest absolute Gasteiger partial charge is 0.127 e. The molecule has 4 nitrogen and oxygen atoms in total. The third-order valence-electron chi connectivity index (χ3n) is 3.90. The molecule has 0 fully saturated rings. The van der Waals surface area contributed by atoms with Crippen LogP contribution in [-0.2, 0) is 0 Å². The Morgan fingerprint density at radius 1 is 1.14 bits per heavy atom. The minimum Gasteiger partial charge on any atom is -0.507 e. The number of benzene rings is 2. The average molecular weight is 296 g/mol. The molecule has 2 aromatic rings. The van der Waals surface area contributed by atoms with Gasteiger partial charge in [0.05, 0.1) is 18.8 Å². The van der Waals surface area contributed by atoms with Crippen molar-refractivity contribution in [3.63, 3.8) is 0 Å². The van der Waals surface area contributed by atoms with Gasteiger partial charge in [-0.15, -0.1) is 0 Å². The zero-order valence-corrected chi connectivity index (χ0v) is 13.0. The molecule has 0 bridgehead atoms. The summed E-state index contributed by atoms with van der Waals surface area (Å²) in [5.74, 6) is 1.15. The van der Waals surface area contributed by atoms with Crippen molar-refractivity contribution in [1.29, 1.82) is 0 Å². The number of nitrogens with one attached hydrogen (secondary N) is 2. The lowest BCUT2D eigenvalue weighted by molar-refractivity contribution is 0.404. The monoisotopic (exact) mass is 296 g/mol. The van der Waals surface area contributed by atoms with Crippen molar-refractivity contribution in [1.82, 2.24) is 10.9 Å². The van der Waals surface area contributed by atoms with Crippen LogP contribution in [0.2, 0.25) is 0 Å². The Bertz CT molecular complexity index is 738. The van der Waals surface area contributed by atoms with Crippen LogP contribution in [0.15, 0.2) is 42.5 Å². The van der Waals surface area contributed by atoms with Crippen molar-refractivity contribution in [2.24, 2.45) is 0 Å². The molecule has 22 heavy (non-hydrogen) atoms. The molecule has 1 heterocycles. The number of phenolic OH excluding ortho intramolecular Hbond substituents is 1. The number of ether oxygens (including phenoxy) is 1. The molecule has 3 rings (SSSR count). The molecule has 4 heteroatoms. The first-order chi connectivity index (χ1) is 10.6. The van der Waals surface area contributed by atoms with Gasteiger partial charge in [0.15, 0.2) is 0 Å². The minimum atomic E-state index is -0.00799. The molecule has 0 saturated carbocycles. The van der Waals surface area contributed by atoms with Crippen LogP contribution in [0.1, 0.15) is 28.3 Å². The van der Waals surface area contributed by atoms with Gasteiger partial charge in [0.25, 0.3) is 0 Å². The van der Waals surface area contributed by atoms with Crippen molar-refractivity contribution >= 4 is 5.70 Å². The summed E-state index contributed by atoms with van der Waals surface area (Å²) in [6.07, 6.45) is 2.06. The van der Waals surface area contributed by atoms with E-state index in [1.165, 1.54) is 0 Å². The van der Waals surface area contributed by atoms with E-state index in [9.17, 15) is 5.11 Å². The van der Waals surface area contributed by atoms with E-state index < -0.39 is 0 Å². The predicted molar refractivity (Wildman–Crippen MR) is 87.6 cm³/mol. The lowest BCUT2D eigenvalue weighted by Gasteiger charge is -2.13. The Balaban J connectivity index is 1.99. The molecule has 1 aliphatic heterocycles. The normalized spacial score (nSPS) is 17.0. The maximum atomic E-state index is 10.3. The zero-order chi connectivity index (χ0) is 15.7. The van der Waals surface area contributed by atoms with E-state index in [4.69, 9.17) is 4.74 Å². The Morgan fingerprint density at radius 3 is 2.68 bits per heavy atom. The van der Waals surface area contributed by atoms with Gasteiger partial charge in [0.2, 0.25) is 0 Å². The van der Waals surface area contributed by atoms with Gasteiger partial charge in [0.1, 0.15) is 11.5 Å². The second-order valence-electron chi connectivity index (χ2n) is 5.55. The zero-order valence-electron chi connectivity index (χ0n) is 13.0. The first-order valence-electron chi connectivity index (χ1n) is 7.27. The van der Waals surface area contributed by atoms with Crippen LogP contribution in [-0.4, -0.2) is 12.2 Å². The first kappa shape index (κ1) is 14.5. The molecule has 0 radical (unpaired) electrons.